The second kappa shape index (κ2) is 4.09. The van der Waals surface area contributed by atoms with Gasteiger partial charge in [0, 0.05) is 11.6 Å². The van der Waals surface area contributed by atoms with Crippen LogP contribution in [0.1, 0.15) is 23.2 Å². The van der Waals surface area contributed by atoms with Crippen molar-refractivity contribution in [1.82, 2.24) is 5.32 Å². The summed E-state index contributed by atoms with van der Waals surface area (Å²) in [6.45, 7) is 0. The normalized spacial score (nSPS) is 19.6. The molecule has 0 bridgehead atoms. The predicted molar refractivity (Wildman–Crippen MR) is 56.1 cm³/mol. The molecule has 1 aromatic carbocycles. The molecule has 2 nitrogen and oxygen atoms in total. The molecule has 0 radical (unpaired) electrons. The Labute approximate surface area is 83.6 Å². The molecule has 1 aliphatic rings. The molecule has 0 aromatic heterocycles. The summed E-state index contributed by atoms with van der Waals surface area (Å²) in [7, 11) is 0. The van der Waals surface area contributed by atoms with E-state index in [1.165, 1.54) is 0 Å². The number of allylic oxidation sites excluding steroid dienone is 1. The van der Waals surface area contributed by atoms with Crippen molar-refractivity contribution < 1.29 is 4.79 Å². The van der Waals surface area contributed by atoms with E-state index in [0.717, 1.165) is 18.4 Å². The van der Waals surface area contributed by atoms with E-state index >= 15 is 0 Å². The van der Waals surface area contributed by atoms with Crippen molar-refractivity contribution in [3.63, 3.8) is 0 Å². The third-order valence-corrected chi connectivity index (χ3v) is 2.37. The Morgan fingerprint density at radius 3 is 2.71 bits per heavy atom. The molecule has 1 aromatic rings. The van der Waals surface area contributed by atoms with Crippen molar-refractivity contribution in [2.24, 2.45) is 0 Å². The number of hydrogen-bond acceptors (Lipinski definition) is 1. The van der Waals surface area contributed by atoms with Crippen molar-refractivity contribution in [3.05, 3.63) is 48.0 Å². The van der Waals surface area contributed by atoms with Gasteiger partial charge in [-0.2, -0.15) is 0 Å². The van der Waals surface area contributed by atoms with Crippen LogP contribution in [0.3, 0.4) is 0 Å². The molecule has 72 valence electrons. The molecule has 1 aliphatic carbocycles. The SMILES string of the molecule is O=C(N[C@H]1C=CCC1)c1ccccc1. The summed E-state index contributed by atoms with van der Waals surface area (Å²) in [6.07, 6.45) is 6.26. The lowest BCUT2D eigenvalue weighted by molar-refractivity contribution is 0.0944. The van der Waals surface area contributed by atoms with Crippen LogP contribution in [-0.4, -0.2) is 11.9 Å². The number of benzene rings is 1. The maximum Gasteiger partial charge on any atom is 0.251 e. The summed E-state index contributed by atoms with van der Waals surface area (Å²) in [5.41, 5.74) is 0.729. The maximum absolute atomic E-state index is 11.7. The Kier molecular flexibility index (Phi) is 2.63. The highest BCUT2D eigenvalue weighted by molar-refractivity contribution is 5.94. The van der Waals surface area contributed by atoms with Crippen LogP contribution in [0.2, 0.25) is 0 Å². The Hall–Kier alpha value is -1.57. The number of nitrogens with one attached hydrogen (secondary N) is 1. The van der Waals surface area contributed by atoms with Crippen molar-refractivity contribution in [2.45, 2.75) is 18.9 Å². The first kappa shape index (κ1) is 9.00. The summed E-state index contributed by atoms with van der Waals surface area (Å²) >= 11 is 0. The van der Waals surface area contributed by atoms with E-state index in [1.54, 1.807) is 0 Å². The molecule has 0 saturated heterocycles. The summed E-state index contributed by atoms with van der Waals surface area (Å²) in [5.74, 6) is 0.0159. The van der Waals surface area contributed by atoms with Gasteiger partial charge in [-0.15, -0.1) is 0 Å². The first-order valence-electron chi connectivity index (χ1n) is 4.89. The van der Waals surface area contributed by atoms with Gasteiger partial charge in [-0.25, -0.2) is 0 Å². The standard InChI is InChI=1S/C12H13NO/c14-12(10-6-2-1-3-7-10)13-11-8-4-5-9-11/h1-4,6-8,11H,5,9H2,(H,13,14)/t11-/m0/s1. The Morgan fingerprint density at radius 1 is 1.29 bits per heavy atom. The van der Waals surface area contributed by atoms with Crippen molar-refractivity contribution in [2.75, 3.05) is 0 Å². The van der Waals surface area contributed by atoms with Gasteiger partial charge in [0.25, 0.3) is 5.91 Å². The van der Waals surface area contributed by atoms with E-state index in [4.69, 9.17) is 0 Å². The first-order valence-corrected chi connectivity index (χ1v) is 4.89. The fraction of sp³-hybridized carbons (Fsp3) is 0.250. The molecule has 2 rings (SSSR count). The van der Waals surface area contributed by atoms with Gasteiger partial charge < -0.3 is 5.32 Å². The van der Waals surface area contributed by atoms with Crippen LogP contribution in [0.5, 0.6) is 0 Å². The van der Waals surface area contributed by atoms with Crippen LogP contribution in [0, 0.1) is 0 Å². The van der Waals surface area contributed by atoms with E-state index in [9.17, 15) is 4.79 Å². The smallest absolute Gasteiger partial charge is 0.251 e. The van der Waals surface area contributed by atoms with Gasteiger partial charge in [0.1, 0.15) is 0 Å². The highest BCUT2D eigenvalue weighted by atomic mass is 16.1. The Balaban J connectivity index is 1.99. The molecule has 0 fully saturated rings. The lowest BCUT2D eigenvalue weighted by Crippen LogP contribution is -2.31. The van der Waals surface area contributed by atoms with Gasteiger partial charge in [0.2, 0.25) is 0 Å². The number of hydrogen-bond donors (Lipinski definition) is 1. The zero-order valence-corrected chi connectivity index (χ0v) is 7.94. The second-order valence-electron chi connectivity index (χ2n) is 3.45. The molecule has 2 heteroatoms. The third-order valence-electron chi connectivity index (χ3n) is 2.37. The minimum Gasteiger partial charge on any atom is -0.346 e. The molecule has 0 spiro atoms. The molecule has 1 atom stereocenters. The van der Waals surface area contributed by atoms with Crippen LogP contribution in [0.15, 0.2) is 42.5 Å². The van der Waals surface area contributed by atoms with Crippen LogP contribution in [-0.2, 0) is 0 Å². The number of rotatable bonds is 2. The zero-order chi connectivity index (χ0) is 9.80. The van der Waals surface area contributed by atoms with Crippen molar-refractivity contribution >= 4 is 5.91 Å². The summed E-state index contributed by atoms with van der Waals surface area (Å²) in [5, 5.41) is 2.97. The highest BCUT2D eigenvalue weighted by Crippen LogP contribution is 2.09. The third kappa shape index (κ3) is 2.02. The quantitative estimate of drug-likeness (QED) is 0.706. The molecule has 1 N–H and O–H groups in total. The van der Waals surface area contributed by atoms with Crippen LogP contribution >= 0.6 is 0 Å². The Morgan fingerprint density at radius 2 is 2.07 bits per heavy atom. The molecule has 0 aliphatic heterocycles. The van der Waals surface area contributed by atoms with Gasteiger partial charge in [-0.05, 0) is 25.0 Å². The van der Waals surface area contributed by atoms with Gasteiger partial charge in [0.15, 0.2) is 0 Å². The average Bonchev–Trinajstić information content (AvgIpc) is 2.72. The lowest BCUT2D eigenvalue weighted by Gasteiger charge is -2.10. The van der Waals surface area contributed by atoms with Gasteiger partial charge in [-0.1, -0.05) is 30.4 Å². The van der Waals surface area contributed by atoms with Crippen LogP contribution in [0.25, 0.3) is 0 Å². The monoisotopic (exact) mass is 187 g/mol. The number of carbonyl (C=O) groups excluding carboxylic acids is 1. The lowest BCUT2D eigenvalue weighted by atomic mass is 10.2. The van der Waals surface area contributed by atoms with Crippen LogP contribution < -0.4 is 5.32 Å². The predicted octanol–water partition coefficient (Wildman–Crippen LogP) is 2.13. The fourth-order valence-corrected chi connectivity index (χ4v) is 1.59. The molecule has 14 heavy (non-hydrogen) atoms. The van der Waals surface area contributed by atoms with E-state index in [1.807, 2.05) is 30.3 Å². The number of amides is 1. The van der Waals surface area contributed by atoms with Gasteiger partial charge in [-0.3, -0.25) is 4.79 Å². The van der Waals surface area contributed by atoms with Crippen molar-refractivity contribution in [1.29, 1.82) is 0 Å². The van der Waals surface area contributed by atoms with Gasteiger partial charge >= 0.3 is 0 Å². The summed E-state index contributed by atoms with van der Waals surface area (Å²) in [6, 6.07) is 9.54. The molecule has 0 unspecified atom stereocenters. The molecular weight excluding hydrogens is 174 g/mol. The molecule has 0 heterocycles. The summed E-state index contributed by atoms with van der Waals surface area (Å²) < 4.78 is 0. The second-order valence-corrected chi connectivity index (χ2v) is 3.45. The van der Waals surface area contributed by atoms with E-state index in [0.29, 0.717) is 0 Å². The molecule has 1 amide bonds. The van der Waals surface area contributed by atoms with E-state index in [2.05, 4.69) is 17.5 Å². The van der Waals surface area contributed by atoms with Crippen LogP contribution in [0.4, 0.5) is 0 Å². The maximum atomic E-state index is 11.7. The zero-order valence-electron chi connectivity index (χ0n) is 7.94. The topological polar surface area (TPSA) is 29.1 Å². The van der Waals surface area contributed by atoms with Crippen molar-refractivity contribution in [3.8, 4) is 0 Å². The largest absolute Gasteiger partial charge is 0.346 e. The number of carbonyl (C=O) groups is 1. The molecule has 0 saturated carbocycles. The first-order chi connectivity index (χ1) is 6.86. The minimum absolute atomic E-state index is 0.0159. The van der Waals surface area contributed by atoms with Gasteiger partial charge in [0.05, 0.1) is 0 Å². The molecular formula is C12H13NO. The van der Waals surface area contributed by atoms with E-state index in [-0.39, 0.29) is 11.9 Å². The fourth-order valence-electron chi connectivity index (χ4n) is 1.59. The van der Waals surface area contributed by atoms with E-state index < -0.39 is 0 Å². The average molecular weight is 187 g/mol. The Bertz CT molecular complexity index is 343. The highest BCUT2D eigenvalue weighted by Gasteiger charge is 2.12. The summed E-state index contributed by atoms with van der Waals surface area (Å²) in [4.78, 5) is 11.7. The minimum atomic E-state index is 0.0159.